The van der Waals surface area contributed by atoms with Crippen LogP contribution in [0, 0.1) is 0 Å². The van der Waals surface area contributed by atoms with E-state index in [0.717, 1.165) is 32.1 Å². The molecule has 2 N–H and O–H groups in total. The van der Waals surface area contributed by atoms with Gasteiger partial charge in [0.05, 0.1) is 6.42 Å². The number of aliphatic hydroxyl groups is 1. The van der Waals surface area contributed by atoms with Gasteiger partial charge in [-0.05, 0) is 12.8 Å². The molecular formula is C26H47NO5. The van der Waals surface area contributed by atoms with Gasteiger partial charge in [0.25, 0.3) is 5.91 Å². The average molecular weight is 454 g/mol. The van der Waals surface area contributed by atoms with Gasteiger partial charge in [0.1, 0.15) is 6.10 Å². The van der Waals surface area contributed by atoms with Crippen LogP contribution in [0.4, 0.5) is 0 Å². The second-order valence-corrected chi connectivity index (χ2v) is 9.46. The Labute approximate surface area is 195 Å². The summed E-state index contributed by atoms with van der Waals surface area (Å²) in [7, 11) is 0. The predicted octanol–water partition coefficient (Wildman–Crippen LogP) is 5.99. The zero-order valence-corrected chi connectivity index (χ0v) is 20.2. The van der Waals surface area contributed by atoms with Crippen LogP contribution in [0.15, 0.2) is 0 Å². The molecule has 0 aromatic carbocycles. The number of unbranched alkanes of at least 4 members (excludes halogenated alkanes) is 18. The van der Waals surface area contributed by atoms with Crippen LogP contribution in [0.25, 0.3) is 0 Å². The molecule has 186 valence electrons. The van der Waals surface area contributed by atoms with Gasteiger partial charge < -0.3 is 10.2 Å². The maximum absolute atomic E-state index is 11.6. The number of aliphatic hydroxyl groups excluding tert-OH is 1. The largest absolute Gasteiger partial charge is 0.481 e. The highest BCUT2D eigenvalue weighted by Crippen LogP contribution is 2.16. The fraction of sp³-hybridized carbons (Fsp3) is 0.885. The Bertz CT molecular complexity index is 522. The van der Waals surface area contributed by atoms with Gasteiger partial charge >= 0.3 is 5.97 Å². The third-order valence-electron chi connectivity index (χ3n) is 6.49. The first-order chi connectivity index (χ1) is 15.5. The maximum atomic E-state index is 11.6. The van der Waals surface area contributed by atoms with Gasteiger partial charge in [-0.25, -0.2) is 0 Å². The normalized spacial score (nSPS) is 16.3. The van der Waals surface area contributed by atoms with Crippen molar-refractivity contribution < 1.29 is 24.6 Å². The zero-order chi connectivity index (χ0) is 23.4. The van der Waals surface area contributed by atoms with Gasteiger partial charge in [0, 0.05) is 13.0 Å². The van der Waals surface area contributed by atoms with Crippen LogP contribution in [0.2, 0.25) is 0 Å². The molecule has 6 nitrogen and oxygen atoms in total. The monoisotopic (exact) mass is 453 g/mol. The van der Waals surface area contributed by atoms with Gasteiger partial charge in [0.15, 0.2) is 0 Å². The predicted molar refractivity (Wildman–Crippen MR) is 127 cm³/mol. The van der Waals surface area contributed by atoms with Crippen molar-refractivity contribution in [2.24, 2.45) is 0 Å². The van der Waals surface area contributed by atoms with Crippen LogP contribution in [0.1, 0.15) is 135 Å². The van der Waals surface area contributed by atoms with Gasteiger partial charge in [-0.15, -0.1) is 0 Å². The fourth-order valence-corrected chi connectivity index (χ4v) is 4.45. The third kappa shape index (κ3) is 14.6. The van der Waals surface area contributed by atoms with Crippen molar-refractivity contribution in [3.05, 3.63) is 0 Å². The summed E-state index contributed by atoms with van der Waals surface area (Å²) in [4.78, 5) is 34.8. The molecule has 0 saturated carbocycles. The van der Waals surface area contributed by atoms with Crippen molar-refractivity contribution in [2.45, 2.75) is 141 Å². The highest BCUT2D eigenvalue weighted by Gasteiger charge is 2.36. The molecule has 0 aromatic rings. The number of carboxylic acids is 1. The molecule has 32 heavy (non-hydrogen) atoms. The van der Waals surface area contributed by atoms with Crippen LogP contribution in [-0.2, 0) is 14.4 Å². The summed E-state index contributed by atoms with van der Waals surface area (Å²) < 4.78 is 0. The molecule has 0 radical (unpaired) electrons. The van der Waals surface area contributed by atoms with Crippen molar-refractivity contribution in [1.29, 1.82) is 0 Å². The van der Waals surface area contributed by atoms with E-state index in [1.54, 1.807) is 0 Å². The lowest BCUT2D eigenvalue weighted by molar-refractivity contribution is -0.141. The minimum Gasteiger partial charge on any atom is -0.481 e. The van der Waals surface area contributed by atoms with Gasteiger partial charge in [-0.2, -0.15) is 0 Å². The van der Waals surface area contributed by atoms with E-state index in [9.17, 15) is 19.5 Å². The minimum atomic E-state index is -1.11. The number of aliphatic carboxylic acids is 1. The number of carbonyl (C=O) groups excluding carboxylic acids is 2. The SMILES string of the molecule is O=C(O)CCCCCCCCCCCCCCCCCCCCCN1C(=O)CC(O)C1=O. The third-order valence-corrected chi connectivity index (χ3v) is 6.49. The molecule has 1 aliphatic rings. The Morgan fingerprint density at radius 2 is 1.00 bits per heavy atom. The summed E-state index contributed by atoms with van der Waals surface area (Å²) in [6, 6.07) is 0. The molecule has 1 aliphatic heterocycles. The first-order valence-corrected chi connectivity index (χ1v) is 13.3. The molecule has 1 atom stereocenters. The molecule has 2 amide bonds. The quantitative estimate of drug-likeness (QED) is 0.155. The van der Waals surface area contributed by atoms with E-state index < -0.39 is 18.0 Å². The maximum Gasteiger partial charge on any atom is 0.303 e. The Balaban J connectivity index is 1.71. The van der Waals surface area contributed by atoms with Crippen LogP contribution in [-0.4, -0.2) is 45.5 Å². The van der Waals surface area contributed by atoms with Crippen LogP contribution < -0.4 is 0 Å². The van der Waals surface area contributed by atoms with Gasteiger partial charge in [-0.3, -0.25) is 19.3 Å². The summed E-state index contributed by atoms with van der Waals surface area (Å²) in [5, 5.41) is 18.0. The van der Waals surface area contributed by atoms with Crippen molar-refractivity contribution in [3.8, 4) is 0 Å². The lowest BCUT2D eigenvalue weighted by atomic mass is 10.0. The highest BCUT2D eigenvalue weighted by atomic mass is 16.4. The second kappa shape index (κ2) is 19.1. The smallest absolute Gasteiger partial charge is 0.303 e. The van der Waals surface area contributed by atoms with E-state index in [1.165, 1.54) is 94.8 Å². The fourth-order valence-electron chi connectivity index (χ4n) is 4.45. The molecule has 1 fully saturated rings. The van der Waals surface area contributed by atoms with Crippen LogP contribution >= 0.6 is 0 Å². The van der Waals surface area contributed by atoms with E-state index in [4.69, 9.17) is 5.11 Å². The lowest BCUT2D eigenvalue weighted by Crippen LogP contribution is -2.32. The Morgan fingerprint density at radius 3 is 1.31 bits per heavy atom. The first kappa shape index (κ1) is 28.6. The number of hydrogen-bond donors (Lipinski definition) is 2. The van der Waals surface area contributed by atoms with Crippen molar-refractivity contribution >= 4 is 17.8 Å². The van der Waals surface area contributed by atoms with E-state index in [0.29, 0.717) is 13.0 Å². The molecule has 1 unspecified atom stereocenters. The Hall–Kier alpha value is -1.43. The minimum absolute atomic E-state index is 0.0440. The van der Waals surface area contributed by atoms with E-state index in [1.807, 2.05) is 0 Å². The summed E-state index contributed by atoms with van der Waals surface area (Å²) in [5.74, 6) is -1.33. The summed E-state index contributed by atoms with van der Waals surface area (Å²) in [5.41, 5.74) is 0. The van der Waals surface area contributed by atoms with Crippen LogP contribution in [0.5, 0.6) is 0 Å². The molecule has 0 spiro atoms. The van der Waals surface area contributed by atoms with Gasteiger partial charge in [0.2, 0.25) is 5.91 Å². The van der Waals surface area contributed by atoms with Gasteiger partial charge in [-0.1, -0.05) is 109 Å². The lowest BCUT2D eigenvalue weighted by Gasteiger charge is -2.13. The number of hydrogen-bond acceptors (Lipinski definition) is 4. The van der Waals surface area contributed by atoms with Crippen molar-refractivity contribution in [2.75, 3.05) is 6.54 Å². The summed E-state index contributed by atoms with van der Waals surface area (Å²) in [6.07, 6.45) is 22.4. The molecule has 1 saturated heterocycles. The number of carbonyl (C=O) groups is 3. The second-order valence-electron chi connectivity index (χ2n) is 9.46. The highest BCUT2D eigenvalue weighted by molar-refractivity contribution is 6.04. The first-order valence-electron chi connectivity index (χ1n) is 13.3. The zero-order valence-electron chi connectivity index (χ0n) is 20.2. The van der Waals surface area contributed by atoms with E-state index >= 15 is 0 Å². The summed E-state index contributed by atoms with van der Waals surface area (Å²) >= 11 is 0. The number of imide groups is 1. The Kier molecular flexibility index (Phi) is 17.1. The average Bonchev–Trinajstić information content (AvgIpc) is 3.00. The van der Waals surface area contributed by atoms with Crippen LogP contribution in [0.3, 0.4) is 0 Å². The molecular weight excluding hydrogens is 406 g/mol. The molecule has 6 heteroatoms. The molecule has 0 bridgehead atoms. The molecule has 1 heterocycles. The van der Waals surface area contributed by atoms with Crippen molar-refractivity contribution in [1.82, 2.24) is 4.90 Å². The molecule has 0 aliphatic carbocycles. The number of carboxylic acid groups (broad SMARTS) is 1. The number of rotatable bonds is 22. The van der Waals surface area contributed by atoms with E-state index in [-0.39, 0.29) is 12.3 Å². The molecule has 0 aromatic heterocycles. The Morgan fingerprint density at radius 1 is 0.656 bits per heavy atom. The van der Waals surface area contributed by atoms with Crippen molar-refractivity contribution in [3.63, 3.8) is 0 Å². The number of amides is 2. The number of nitrogens with zero attached hydrogens (tertiary/aromatic N) is 1. The standard InChI is InChI=1S/C26H47NO5/c28-23-22-24(29)27(26(23)32)21-19-17-15-13-11-9-7-5-3-1-2-4-6-8-10-12-14-16-18-20-25(30)31/h23,28H,1-22H2,(H,30,31). The molecule has 1 rings (SSSR count). The van der Waals surface area contributed by atoms with E-state index in [2.05, 4.69) is 0 Å². The summed E-state index contributed by atoms with van der Waals surface area (Å²) in [6.45, 7) is 0.462. The topological polar surface area (TPSA) is 94.9 Å². The number of likely N-dealkylation sites (tertiary alicyclic amines) is 1.